The van der Waals surface area contributed by atoms with Gasteiger partial charge in [-0.2, -0.15) is 0 Å². The standard InChI is InChI=1S/C14H16N2O2/c1-11(7-14(17)18)13-9-16(10-15-13)8-12-5-3-2-4-6-12/h2-6,9-11H,7-8H2,1H3,(H,17,18). The van der Waals surface area contributed by atoms with Crippen LogP contribution in [0.25, 0.3) is 0 Å². The maximum atomic E-state index is 10.6. The Morgan fingerprint density at radius 2 is 2.11 bits per heavy atom. The molecule has 1 N–H and O–H groups in total. The van der Waals surface area contributed by atoms with E-state index in [1.807, 2.05) is 35.9 Å². The van der Waals surface area contributed by atoms with Crippen LogP contribution >= 0.6 is 0 Å². The first-order valence-electron chi connectivity index (χ1n) is 5.92. The van der Waals surface area contributed by atoms with Gasteiger partial charge in [-0.15, -0.1) is 0 Å². The molecule has 4 heteroatoms. The lowest BCUT2D eigenvalue weighted by Gasteiger charge is -2.04. The highest BCUT2D eigenvalue weighted by molar-refractivity contribution is 5.67. The number of carboxylic acid groups (broad SMARTS) is 1. The number of nitrogens with zero attached hydrogens (tertiary/aromatic N) is 2. The quantitative estimate of drug-likeness (QED) is 0.879. The lowest BCUT2D eigenvalue weighted by Crippen LogP contribution is -2.03. The Balaban J connectivity index is 2.04. The van der Waals surface area contributed by atoms with Gasteiger partial charge in [0.2, 0.25) is 0 Å². The Bertz CT molecular complexity index is 520. The molecule has 0 aliphatic carbocycles. The summed E-state index contributed by atoms with van der Waals surface area (Å²) in [7, 11) is 0. The van der Waals surface area contributed by atoms with Crippen LogP contribution in [0, 0.1) is 0 Å². The van der Waals surface area contributed by atoms with Gasteiger partial charge >= 0.3 is 5.97 Å². The van der Waals surface area contributed by atoms with E-state index in [9.17, 15) is 4.79 Å². The summed E-state index contributed by atoms with van der Waals surface area (Å²) in [4.78, 5) is 14.9. The van der Waals surface area contributed by atoms with Crippen LogP contribution in [0.5, 0.6) is 0 Å². The second-order valence-corrected chi connectivity index (χ2v) is 4.46. The third-order valence-electron chi connectivity index (χ3n) is 2.85. The molecule has 18 heavy (non-hydrogen) atoms. The summed E-state index contributed by atoms with van der Waals surface area (Å²) in [6.07, 6.45) is 3.78. The Kier molecular flexibility index (Phi) is 3.77. The first kappa shape index (κ1) is 12.4. The Labute approximate surface area is 106 Å². The number of carbonyl (C=O) groups is 1. The predicted octanol–water partition coefficient (Wildman–Crippen LogP) is 2.51. The van der Waals surface area contributed by atoms with Crippen molar-refractivity contribution in [1.29, 1.82) is 0 Å². The minimum absolute atomic E-state index is 0.0560. The van der Waals surface area contributed by atoms with Gasteiger partial charge < -0.3 is 9.67 Å². The summed E-state index contributed by atoms with van der Waals surface area (Å²) in [5.74, 6) is -0.848. The molecule has 0 spiro atoms. The van der Waals surface area contributed by atoms with Gasteiger partial charge in [0.15, 0.2) is 0 Å². The van der Waals surface area contributed by atoms with Gasteiger partial charge in [0, 0.05) is 18.7 Å². The highest BCUT2D eigenvalue weighted by Gasteiger charge is 2.12. The van der Waals surface area contributed by atoms with E-state index in [4.69, 9.17) is 5.11 Å². The molecule has 1 heterocycles. The summed E-state index contributed by atoms with van der Waals surface area (Å²) < 4.78 is 1.98. The number of carboxylic acids is 1. The zero-order valence-electron chi connectivity index (χ0n) is 10.3. The summed E-state index contributed by atoms with van der Waals surface area (Å²) in [6, 6.07) is 10.1. The monoisotopic (exact) mass is 244 g/mol. The smallest absolute Gasteiger partial charge is 0.304 e. The van der Waals surface area contributed by atoms with E-state index in [0.29, 0.717) is 0 Å². The van der Waals surface area contributed by atoms with Crippen LogP contribution in [0.4, 0.5) is 0 Å². The molecular formula is C14H16N2O2. The molecule has 0 aliphatic heterocycles. The van der Waals surface area contributed by atoms with Crippen LogP contribution in [0.3, 0.4) is 0 Å². The normalized spacial score (nSPS) is 12.3. The summed E-state index contributed by atoms with van der Waals surface area (Å²) in [6.45, 7) is 2.64. The van der Waals surface area contributed by atoms with Crippen LogP contribution in [-0.2, 0) is 11.3 Å². The molecule has 1 unspecified atom stereocenters. The van der Waals surface area contributed by atoms with Gasteiger partial charge in [0.1, 0.15) is 0 Å². The molecule has 0 aliphatic rings. The third-order valence-corrected chi connectivity index (χ3v) is 2.85. The maximum Gasteiger partial charge on any atom is 0.304 e. The van der Waals surface area contributed by atoms with Crippen molar-refractivity contribution in [3.63, 3.8) is 0 Å². The van der Waals surface area contributed by atoms with Gasteiger partial charge in [-0.3, -0.25) is 4.79 Å². The minimum atomic E-state index is -0.792. The van der Waals surface area contributed by atoms with Crippen LogP contribution in [-0.4, -0.2) is 20.6 Å². The van der Waals surface area contributed by atoms with Crippen molar-refractivity contribution >= 4 is 5.97 Å². The first-order valence-corrected chi connectivity index (χ1v) is 5.92. The van der Waals surface area contributed by atoms with Crippen molar-refractivity contribution in [3.05, 3.63) is 54.1 Å². The molecule has 1 atom stereocenters. The van der Waals surface area contributed by atoms with Gasteiger partial charge in [-0.05, 0) is 5.56 Å². The summed E-state index contributed by atoms with van der Waals surface area (Å²) >= 11 is 0. The highest BCUT2D eigenvalue weighted by atomic mass is 16.4. The zero-order valence-corrected chi connectivity index (χ0v) is 10.3. The Morgan fingerprint density at radius 3 is 2.78 bits per heavy atom. The lowest BCUT2D eigenvalue weighted by atomic mass is 10.1. The second kappa shape index (κ2) is 5.49. The van der Waals surface area contributed by atoms with Gasteiger partial charge in [-0.1, -0.05) is 37.3 Å². The number of aliphatic carboxylic acids is 1. The number of aromatic nitrogens is 2. The Hall–Kier alpha value is -2.10. The number of hydrogen-bond acceptors (Lipinski definition) is 2. The van der Waals surface area contributed by atoms with E-state index in [-0.39, 0.29) is 12.3 Å². The van der Waals surface area contributed by atoms with Crippen LogP contribution in [0.2, 0.25) is 0 Å². The van der Waals surface area contributed by atoms with E-state index in [1.54, 1.807) is 6.33 Å². The topological polar surface area (TPSA) is 55.1 Å². The molecule has 0 amide bonds. The van der Waals surface area contributed by atoms with Crippen molar-refractivity contribution in [1.82, 2.24) is 9.55 Å². The molecule has 1 aromatic heterocycles. The zero-order chi connectivity index (χ0) is 13.0. The minimum Gasteiger partial charge on any atom is -0.481 e. The molecule has 0 radical (unpaired) electrons. The molecule has 0 bridgehead atoms. The first-order chi connectivity index (χ1) is 8.65. The number of hydrogen-bond donors (Lipinski definition) is 1. The second-order valence-electron chi connectivity index (χ2n) is 4.46. The van der Waals surface area contributed by atoms with Crippen molar-refractivity contribution in [2.45, 2.75) is 25.8 Å². The highest BCUT2D eigenvalue weighted by Crippen LogP contribution is 2.17. The van der Waals surface area contributed by atoms with Crippen molar-refractivity contribution < 1.29 is 9.90 Å². The van der Waals surface area contributed by atoms with Crippen molar-refractivity contribution in [2.75, 3.05) is 0 Å². The maximum absolute atomic E-state index is 10.6. The predicted molar refractivity (Wildman–Crippen MR) is 68.4 cm³/mol. The number of benzene rings is 1. The fourth-order valence-corrected chi connectivity index (χ4v) is 1.88. The van der Waals surface area contributed by atoms with Crippen LogP contribution in [0.1, 0.15) is 30.5 Å². The third kappa shape index (κ3) is 3.20. The molecule has 0 saturated carbocycles. The number of imidazole rings is 1. The van der Waals surface area contributed by atoms with Gasteiger partial charge in [0.25, 0.3) is 0 Å². The fourth-order valence-electron chi connectivity index (χ4n) is 1.88. The Morgan fingerprint density at radius 1 is 1.39 bits per heavy atom. The molecule has 2 rings (SSSR count). The summed E-state index contributed by atoms with van der Waals surface area (Å²) in [5, 5.41) is 8.75. The molecule has 94 valence electrons. The lowest BCUT2D eigenvalue weighted by molar-refractivity contribution is -0.137. The molecule has 0 saturated heterocycles. The largest absolute Gasteiger partial charge is 0.481 e. The van der Waals surface area contributed by atoms with Crippen molar-refractivity contribution in [2.24, 2.45) is 0 Å². The molecule has 4 nitrogen and oxygen atoms in total. The number of rotatable bonds is 5. The van der Waals surface area contributed by atoms with E-state index >= 15 is 0 Å². The van der Waals surface area contributed by atoms with E-state index in [0.717, 1.165) is 12.2 Å². The van der Waals surface area contributed by atoms with Crippen LogP contribution in [0.15, 0.2) is 42.9 Å². The fraction of sp³-hybridized carbons (Fsp3) is 0.286. The van der Waals surface area contributed by atoms with E-state index in [2.05, 4.69) is 17.1 Å². The van der Waals surface area contributed by atoms with Crippen molar-refractivity contribution in [3.8, 4) is 0 Å². The summed E-state index contributed by atoms with van der Waals surface area (Å²) in [5.41, 5.74) is 2.03. The molecular weight excluding hydrogens is 228 g/mol. The van der Waals surface area contributed by atoms with Gasteiger partial charge in [0.05, 0.1) is 18.4 Å². The average molecular weight is 244 g/mol. The molecule has 2 aromatic rings. The van der Waals surface area contributed by atoms with E-state index in [1.165, 1.54) is 5.56 Å². The molecule has 1 aromatic carbocycles. The van der Waals surface area contributed by atoms with Crippen LogP contribution < -0.4 is 0 Å². The molecule has 0 fully saturated rings. The van der Waals surface area contributed by atoms with E-state index < -0.39 is 5.97 Å². The average Bonchev–Trinajstić information content (AvgIpc) is 2.78. The van der Waals surface area contributed by atoms with Gasteiger partial charge in [-0.25, -0.2) is 4.98 Å². The SMILES string of the molecule is CC(CC(=O)O)c1cn(Cc2ccccc2)cn1.